The molecule has 80 valence electrons. The largest absolute Gasteiger partial charge is 0.373 e. The number of hydrogen-bond donors (Lipinski definition) is 1. The summed E-state index contributed by atoms with van der Waals surface area (Å²) in [5.74, 6) is 0. The van der Waals surface area contributed by atoms with Gasteiger partial charge in [0.05, 0.1) is 12.2 Å². The van der Waals surface area contributed by atoms with E-state index in [0.29, 0.717) is 17.7 Å². The molecule has 2 unspecified atom stereocenters. The van der Waals surface area contributed by atoms with Crippen LogP contribution in [0.5, 0.6) is 0 Å². The zero-order valence-electron chi connectivity index (χ0n) is 8.74. The summed E-state index contributed by atoms with van der Waals surface area (Å²) in [6.07, 6.45) is 6.52. The summed E-state index contributed by atoms with van der Waals surface area (Å²) in [6.45, 7) is 3.02. The summed E-state index contributed by atoms with van der Waals surface area (Å²) in [4.78, 5) is 2.56. The Balaban J connectivity index is 1.59. The summed E-state index contributed by atoms with van der Waals surface area (Å²) in [7, 11) is 0. The molecule has 1 spiro atoms. The number of nitrogens with zero attached hydrogens (tertiary/aromatic N) is 1. The van der Waals surface area contributed by atoms with E-state index in [-0.39, 0.29) is 0 Å². The predicted molar refractivity (Wildman–Crippen MR) is 55.1 cm³/mol. The molecule has 0 radical (unpaired) electrons. The van der Waals surface area contributed by atoms with Crippen molar-refractivity contribution in [2.24, 2.45) is 5.73 Å². The van der Waals surface area contributed by atoms with Crippen molar-refractivity contribution < 1.29 is 4.74 Å². The number of ether oxygens (including phenoxy) is 1. The van der Waals surface area contributed by atoms with Gasteiger partial charge in [0, 0.05) is 25.2 Å². The molecular formula is C11H20N2O. The maximum atomic E-state index is 5.96. The first kappa shape index (κ1) is 9.13. The smallest absolute Gasteiger partial charge is 0.0699 e. The fraction of sp³-hybridized carbons (Fsp3) is 1.00. The number of hydrogen-bond acceptors (Lipinski definition) is 3. The van der Waals surface area contributed by atoms with Gasteiger partial charge >= 0.3 is 0 Å². The standard InChI is InChI=1S/C11H20N2O/c12-7-9-2-5-13(9)10-6-11(14-8-10)3-1-4-11/h9-10H,1-8,12H2. The number of nitrogens with two attached hydrogens (primary N) is 1. The minimum atomic E-state index is 0.305. The molecule has 1 saturated carbocycles. The second kappa shape index (κ2) is 3.19. The Morgan fingerprint density at radius 2 is 2.29 bits per heavy atom. The van der Waals surface area contributed by atoms with Gasteiger partial charge in [0.25, 0.3) is 0 Å². The molecule has 1 aliphatic carbocycles. The molecule has 2 aliphatic heterocycles. The molecule has 0 aromatic heterocycles. The quantitative estimate of drug-likeness (QED) is 0.707. The van der Waals surface area contributed by atoms with Crippen LogP contribution in [0.25, 0.3) is 0 Å². The summed E-state index contributed by atoms with van der Waals surface area (Å²) in [5.41, 5.74) is 6.03. The molecule has 0 amide bonds. The van der Waals surface area contributed by atoms with Gasteiger partial charge in [-0.05, 0) is 32.1 Å². The van der Waals surface area contributed by atoms with E-state index in [1.165, 1.54) is 38.6 Å². The molecule has 3 aliphatic rings. The monoisotopic (exact) mass is 196 g/mol. The lowest BCUT2D eigenvalue weighted by Gasteiger charge is -2.45. The van der Waals surface area contributed by atoms with Gasteiger partial charge in [0.2, 0.25) is 0 Å². The van der Waals surface area contributed by atoms with E-state index in [0.717, 1.165) is 13.2 Å². The Bertz CT molecular complexity index is 225. The lowest BCUT2D eigenvalue weighted by atomic mass is 9.77. The van der Waals surface area contributed by atoms with Crippen molar-refractivity contribution in [3.8, 4) is 0 Å². The summed E-state index contributed by atoms with van der Waals surface area (Å²) < 4.78 is 5.96. The zero-order valence-corrected chi connectivity index (χ0v) is 8.74. The lowest BCUT2D eigenvalue weighted by Crippen LogP contribution is -2.57. The molecule has 3 fully saturated rings. The number of rotatable bonds is 2. The topological polar surface area (TPSA) is 38.5 Å². The third kappa shape index (κ3) is 1.23. The van der Waals surface area contributed by atoms with E-state index >= 15 is 0 Å². The molecule has 3 heteroatoms. The molecule has 2 saturated heterocycles. The minimum absolute atomic E-state index is 0.305. The first-order chi connectivity index (χ1) is 6.83. The molecule has 0 aromatic carbocycles. The maximum absolute atomic E-state index is 5.96. The van der Waals surface area contributed by atoms with Gasteiger partial charge < -0.3 is 10.5 Å². The van der Waals surface area contributed by atoms with Crippen LogP contribution < -0.4 is 5.73 Å². The van der Waals surface area contributed by atoms with E-state index in [2.05, 4.69) is 4.90 Å². The molecule has 14 heavy (non-hydrogen) atoms. The van der Waals surface area contributed by atoms with Crippen molar-refractivity contribution in [1.82, 2.24) is 4.90 Å². The molecule has 2 heterocycles. The van der Waals surface area contributed by atoms with Crippen LogP contribution in [0, 0.1) is 0 Å². The van der Waals surface area contributed by atoms with Gasteiger partial charge in [-0.3, -0.25) is 4.90 Å². The Morgan fingerprint density at radius 1 is 1.43 bits per heavy atom. The highest BCUT2D eigenvalue weighted by atomic mass is 16.5. The van der Waals surface area contributed by atoms with Crippen molar-refractivity contribution >= 4 is 0 Å². The number of likely N-dealkylation sites (tertiary alicyclic amines) is 1. The van der Waals surface area contributed by atoms with Crippen LogP contribution in [0.3, 0.4) is 0 Å². The molecule has 0 bridgehead atoms. The van der Waals surface area contributed by atoms with Crippen molar-refractivity contribution in [1.29, 1.82) is 0 Å². The van der Waals surface area contributed by atoms with Gasteiger partial charge in [-0.1, -0.05) is 0 Å². The van der Waals surface area contributed by atoms with Gasteiger partial charge in [0.1, 0.15) is 0 Å². The highest BCUT2D eigenvalue weighted by Gasteiger charge is 2.48. The molecule has 3 nitrogen and oxygen atoms in total. The predicted octanol–water partition coefficient (Wildman–Crippen LogP) is 0.731. The van der Waals surface area contributed by atoms with Crippen LogP contribution >= 0.6 is 0 Å². The zero-order chi connectivity index (χ0) is 9.60. The van der Waals surface area contributed by atoms with Crippen LogP contribution in [0.4, 0.5) is 0 Å². The summed E-state index contributed by atoms with van der Waals surface area (Å²) in [6, 6.07) is 1.33. The second-order valence-corrected chi connectivity index (χ2v) is 5.12. The van der Waals surface area contributed by atoms with Crippen LogP contribution in [0.2, 0.25) is 0 Å². The normalized spacial score (nSPS) is 40.9. The highest BCUT2D eigenvalue weighted by molar-refractivity contribution is 5.01. The van der Waals surface area contributed by atoms with Crippen LogP contribution in [-0.4, -0.2) is 42.3 Å². The third-order valence-corrected chi connectivity index (χ3v) is 4.38. The molecule has 2 N–H and O–H groups in total. The summed E-state index contributed by atoms with van der Waals surface area (Å²) in [5, 5.41) is 0. The van der Waals surface area contributed by atoms with Crippen molar-refractivity contribution in [3.05, 3.63) is 0 Å². The molecule has 3 rings (SSSR count). The minimum Gasteiger partial charge on any atom is -0.373 e. The molecular weight excluding hydrogens is 176 g/mol. The molecule has 0 aromatic rings. The summed E-state index contributed by atoms with van der Waals surface area (Å²) >= 11 is 0. The van der Waals surface area contributed by atoms with Crippen LogP contribution in [-0.2, 0) is 4.74 Å². The Kier molecular flexibility index (Phi) is 2.08. The van der Waals surface area contributed by atoms with E-state index in [4.69, 9.17) is 10.5 Å². The maximum Gasteiger partial charge on any atom is 0.0699 e. The van der Waals surface area contributed by atoms with Gasteiger partial charge in [-0.2, -0.15) is 0 Å². The average molecular weight is 196 g/mol. The average Bonchev–Trinajstić information content (AvgIpc) is 2.47. The van der Waals surface area contributed by atoms with E-state index in [9.17, 15) is 0 Å². The van der Waals surface area contributed by atoms with Gasteiger partial charge in [-0.15, -0.1) is 0 Å². The Morgan fingerprint density at radius 3 is 2.71 bits per heavy atom. The van der Waals surface area contributed by atoms with E-state index < -0.39 is 0 Å². The molecule has 2 atom stereocenters. The fourth-order valence-corrected chi connectivity index (χ4v) is 3.15. The van der Waals surface area contributed by atoms with Crippen molar-refractivity contribution in [3.63, 3.8) is 0 Å². The first-order valence-electron chi connectivity index (χ1n) is 5.93. The Labute approximate surface area is 85.6 Å². The van der Waals surface area contributed by atoms with Crippen molar-refractivity contribution in [2.75, 3.05) is 19.7 Å². The van der Waals surface area contributed by atoms with Gasteiger partial charge in [-0.25, -0.2) is 0 Å². The van der Waals surface area contributed by atoms with Crippen molar-refractivity contribution in [2.45, 2.75) is 49.8 Å². The second-order valence-electron chi connectivity index (χ2n) is 5.12. The highest BCUT2D eigenvalue weighted by Crippen LogP contribution is 2.45. The Hall–Kier alpha value is -0.120. The lowest BCUT2D eigenvalue weighted by molar-refractivity contribution is -0.0572. The van der Waals surface area contributed by atoms with Crippen LogP contribution in [0.15, 0.2) is 0 Å². The first-order valence-corrected chi connectivity index (χ1v) is 5.93. The van der Waals surface area contributed by atoms with E-state index in [1.54, 1.807) is 0 Å². The SMILES string of the molecule is NCC1CCN1C1COC2(CCC2)C1. The van der Waals surface area contributed by atoms with Gasteiger partial charge in [0.15, 0.2) is 0 Å². The van der Waals surface area contributed by atoms with E-state index in [1.807, 2.05) is 0 Å². The third-order valence-electron chi connectivity index (χ3n) is 4.38. The van der Waals surface area contributed by atoms with Crippen LogP contribution in [0.1, 0.15) is 32.1 Å². The fourth-order valence-electron chi connectivity index (χ4n) is 3.15.